The second kappa shape index (κ2) is 8.60. The van der Waals surface area contributed by atoms with E-state index in [1.807, 2.05) is 18.2 Å². The van der Waals surface area contributed by atoms with E-state index in [0.29, 0.717) is 35.7 Å². The molecule has 1 aliphatic heterocycles. The average molecular weight is 407 g/mol. The summed E-state index contributed by atoms with van der Waals surface area (Å²) in [6.07, 6.45) is 2.91. The molecule has 1 fully saturated rings. The Labute approximate surface area is 167 Å². The number of benzene rings is 1. The minimum absolute atomic E-state index is 0.0680. The van der Waals surface area contributed by atoms with Crippen molar-refractivity contribution in [1.29, 1.82) is 0 Å². The Morgan fingerprint density at radius 3 is 2.74 bits per heavy atom. The standard InChI is InChI=1S/C18H19ClN4O3S/c19-14-3-1-2-13(10-14)18(6-8-26-9-7-18)12-21-17(27)22-16-5-4-15(11-20-16)23(24)25/h1-5,10-11H,6-9,12H2,(H2,20,21,22,27). The van der Waals surface area contributed by atoms with E-state index in [9.17, 15) is 10.1 Å². The number of thiocarbonyl (C=S) groups is 1. The second-order valence-electron chi connectivity index (χ2n) is 6.37. The molecular weight excluding hydrogens is 388 g/mol. The van der Waals surface area contributed by atoms with Crippen molar-refractivity contribution in [3.8, 4) is 0 Å². The fraction of sp³-hybridized carbons (Fsp3) is 0.333. The van der Waals surface area contributed by atoms with Crippen LogP contribution in [0, 0.1) is 10.1 Å². The zero-order chi connectivity index (χ0) is 19.3. The molecule has 2 aromatic rings. The number of pyridine rings is 1. The third kappa shape index (κ3) is 4.91. The molecule has 9 heteroatoms. The largest absolute Gasteiger partial charge is 0.381 e. The van der Waals surface area contributed by atoms with Gasteiger partial charge in [0, 0.05) is 36.3 Å². The van der Waals surface area contributed by atoms with E-state index in [-0.39, 0.29) is 11.1 Å². The molecule has 0 bridgehead atoms. The number of ether oxygens (including phenoxy) is 1. The van der Waals surface area contributed by atoms with Gasteiger partial charge in [-0.15, -0.1) is 0 Å². The molecule has 0 radical (unpaired) electrons. The zero-order valence-corrected chi connectivity index (χ0v) is 16.1. The van der Waals surface area contributed by atoms with Crippen LogP contribution in [0.4, 0.5) is 11.5 Å². The first-order chi connectivity index (χ1) is 13.0. The van der Waals surface area contributed by atoms with E-state index in [0.717, 1.165) is 18.4 Å². The number of nitrogens with zero attached hydrogens (tertiary/aromatic N) is 2. The van der Waals surface area contributed by atoms with E-state index in [1.54, 1.807) is 0 Å². The molecule has 7 nitrogen and oxygen atoms in total. The van der Waals surface area contributed by atoms with Gasteiger partial charge in [-0.05, 0) is 48.8 Å². The SMILES string of the molecule is O=[N+]([O-])c1ccc(NC(=S)NCC2(c3cccc(Cl)c3)CCOCC2)nc1. The maximum absolute atomic E-state index is 10.7. The number of hydrogen-bond donors (Lipinski definition) is 2. The molecule has 1 aromatic heterocycles. The van der Waals surface area contributed by atoms with Gasteiger partial charge in [-0.25, -0.2) is 4.98 Å². The normalized spacial score (nSPS) is 15.7. The molecular formula is C18H19ClN4O3S. The molecule has 0 saturated carbocycles. The topological polar surface area (TPSA) is 89.3 Å². The van der Waals surface area contributed by atoms with E-state index in [2.05, 4.69) is 21.7 Å². The molecule has 1 saturated heterocycles. The van der Waals surface area contributed by atoms with Gasteiger partial charge in [0.1, 0.15) is 12.0 Å². The summed E-state index contributed by atoms with van der Waals surface area (Å²) in [6.45, 7) is 1.98. The molecule has 0 atom stereocenters. The summed E-state index contributed by atoms with van der Waals surface area (Å²) in [4.78, 5) is 14.2. The maximum Gasteiger partial charge on any atom is 0.287 e. The van der Waals surface area contributed by atoms with Crippen LogP contribution in [0.25, 0.3) is 0 Å². The van der Waals surface area contributed by atoms with E-state index in [1.165, 1.54) is 18.3 Å². The number of hydrogen-bond acceptors (Lipinski definition) is 5. The number of aromatic nitrogens is 1. The van der Waals surface area contributed by atoms with Gasteiger partial charge in [0.25, 0.3) is 5.69 Å². The lowest BCUT2D eigenvalue weighted by Crippen LogP contribution is -2.45. The van der Waals surface area contributed by atoms with Crippen LogP contribution in [0.2, 0.25) is 5.02 Å². The molecule has 27 heavy (non-hydrogen) atoms. The van der Waals surface area contributed by atoms with Gasteiger partial charge in [-0.1, -0.05) is 23.7 Å². The summed E-state index contributed by atoms with van der Waals surface area (Å²) in [6, 6.07) is 10.8. The van der Waals surface area contributed by atoms with Crippen LogP contribution in [0.1, 0.15) is 18.4 Å². The van der Waals surface area contributed by atoms with Gasteiger partial charge >= 0.3 is 0 Å². The molecule has 0 spiro atoms. The van der Waals surface area contributed by atoms with Crippen molar-refractivity contribution in [1.82, 2.24) is 10.3 Å². The molecule has 1 aromatic carbocycles. The summed E-state index contributed by atoms with van der Waals surface area (Å²) in [5.74, 6) is 0.446. The Morgan fingerprint density at radius 2 is 2.11 bits per heavy atom. The lowest BCUT2D eigenvalue weighted by Gasteiger charge is -2.38. The van der Waals surface area contributed by atoms with Gasteiger partial charge in [-0.2, -0.15) is 0 Å². The molecule has 3 rings (SSSR count). The van der Waals surface area contributed by atoms with Crippen LogP contribution < -0.4 is 10.6 Å². The highest BCUT2D eigenvalue weighted by atomic mass is 35.5. The highest BCUT2D eigenvalue weighted by molar-refractivity contribution is 7.80. The highest BCUT2D eigenvalue weighted by Gasteiger charge is 2.34. The van der Waals surface area contributed by atoms with E-state index >= 15 is 0 Å². The molecule has 142 valence electrons. The zero-order valence-electron chi connectivity index (χ0n) is 14.5. The van der Waals surface area contributed by atoms with Gasteiger partial charge in [0.15, 0.2) is 5.11 Å². The summed E-state index contributed by atoms with van der Waals surface area (Å²) in [5, 5.41) is 18.0. The van der Waals surface area contributed by atoms with Crippen molar-refractivity contribution in [3.05, 3.63) is 63.3 Å². The number of anilines is 1. The first-order valence-electron chi connectivity index (χ1n) is 8.48. The second-order valence-corrected chi connectivity index (χ2v) is 7.21. The monoisotopic (exact) mass is 406 g/mol. The number of rotatable bonds is 5. The Hall–Kier alpha value is -2.29. The summed E-state index contributed by atoms with van der Waals surface area (Å²) >= 11 is 11.5. The Kier molecular flexibility index (Phi) is 6.20. The lowest BCUT2D eigenvalue weighted by molar-refractivity contribution is -0.385. The number of nitrogens with one attached hydrogen (secondary N) is 2. The van der Waals surface area contributed by atoms with Gasteiger partial charge in [-0.3, -0.25) is 10.1 Å². The first-order valence-corrected chi connectivity index (χ1v) is 9.26. The van der Waals surface area contributed by atoms with Gasteiger partial charge in [0.05, 0.1) is 4.92 Å². The molecule has 1 aliphatic rings. The molecule has 0 unspecified atom stereocenters. The van der Waals surface area contributed by atoms with Crippen molar-refractivity contribution in [3.63, 3.8) is 0 Å². The summed E-state index contributed by atoms with van der Waals surface area (Å²) in [7, 11) is 0. The van der Waals surface area contributed by atoms with Gasteiger partial charge < -0.3 is 15.4 Å². The predicted molar refractivity (Wildman–Crippen MR) is 108 cm³/mol. The van der Waals surface area contributed by atoms with Crippen molar-refractivity contribution < 1.29 is 9.66 Å². The van der Waals surface area contributed by atoms with Crippen LogP contribution in [0.5, 0.6) is 0 Å². The number of halogens is 1. The minimum Gasteiger partial charge on any atom is -0.381 e. The van der Waals surface area contributed by atoms with Crippen LogP contribution in [0.15, 0.2) is 42.6 Å². The van der Waals surface area contributed by atoms with Crippen molar-refractivity contribution in [2.75, 3.05) is 25.1 Å². The fourth-order valence-corrected chi connectivity index (χ4v) is 3.49. The molecule has 0 amide bonds. The van der Waals surface area contributed by atoms with Crippen LogP contribution in [-0.2, 0) is 10.2 Å². The van der Waals surface area contributed by atoms with Crippen molar-refractivity contribution in [2.45, 2.75) is 18.3 Å². The maximum atomic E-state index is 10.7. The van der Waals surface area contributed by atoms with Gasteiger partial charge in [0.2, 0.25) is 0 Å². The quantitative estimate of drug-likeness (QED) is 0.444. The third-order valence-electron chi connectivity index (χ3n) is 4.67. The number of nitro groups is 1. The average Bonchev–Trinajstić information content (AvgIpc) is 2.67. The van der Waals surface area contributed by atoms with E-state index < -0.39 is 4.92 Å². The lowest BCUT2D eigenvalue weighted by atomic mass is 9.74. The molecule has 2 heterocycles. The van der Waals surface area contributed by atoms with Crippen LogP contribution in [0.3, 0.4) is 0 Å². The smallest absolute Gasteiger partial charge is 0.287 e. The minimum atomic E-state index is -0.493. The Bertz CT molecular complexity index is 826. The fourth-order valence-electron chi connectivity index (χ4n) is 3.13. The van der Waals surface area contributed by atoms with Crippen molar-refractivity contribution >= 4 is 40.4 Å². The molecule has 2 N–H and O–H groups in total. The Balaban J connectivity index is 1.66. The highest BCUT2D eigenvalue weighted by Crippen LogP contribution is 2.35. The Morgan fingerprint density at radius 1 is 1.33 bits per heavy atom. The predicted octanol–water partition coefficient (Wildman–Crippen LogP) is 3.68. The van der Waals surface area contributed by atoms with Crippen LogP contribution in [-0.4, -0.2) is 34.8 Å². The van der Waals surface area contributed by atoms with Crippen LogP contribution >= 0.6 is 23.8 Å². The summed E-state index contributed by atoms with van der Waals surface area (Å²) in [5.41, 5.74) is 0.959. The van der Waals surface area contributed by atoms with E-state index in [4.69, 9.17) is 28.6 Å². The third-order valence-corrected chi connectivity index (χ3v) is 5.16. The summed E-state index contributed by atoms with van der Waals surface area (Å²) < 4.78 is 5.54. The molecule has 0 aliphatic carbocycles. The van der Waals surface area contributed by atoms with Crippen molar-refractivity contribution in [2.24, 2.45) is 0 Å². The first kappa shape index (κ1) is 19.5.